The Labute approximate surface area is 170 Å². The molecule has 1 saturated heterocycles. The van der Waals surface area contributed by atoms with Crippen LogP contribution in [0.15, 0.2) is 46.1 Å². The number of guanidine groups is 1. The van der Waals surface area contributed by atoms with Crippen LogP contribution < -0.4 is 10.1 Å². The second kappa shape index (κ2) is 8.42. The molecule has 3 heterocycles. The molecule has 1 aromatic heterocycles. The lowest BCUT2D eigenvalue weighted by Crippen LogP contribution is -2.54. The fourth-order valence-corrected chi connectivity index (χ4v) is 5.10. The molecule has 0 bridgehead atoms. The van der Waals surface area contributed by atoms with E-state index in [4.69, 9.17) is 9.26 Å². The number of para-hydroxylation sites is 1. The van der Waals surface area contributed by atoms with Crippen molar-refractivity contribution in [2.75, 3.05) is 39.8 Å². The van der Waals surface area contributed by atoms with Crippen molar-refractivity contribution in [1.82, 2.24) is 19.7 Å². The number of benzene rings is 1. The summed E-state index contributed by atoms with van der Waals surface area (Å²) in [5.74, 6) is 1.56. The van der Waals surface area contributed by atoms with Gasteiger partial charge in [0.25, 0.3) is 0 Å². The van der Waals surface area contributed by atoms with Crippen molar-refractivity contribution in [1.29, 1.82) is 0 Å². The Morgan fingerprint density at radius 1 is 1.24 bits per heavy atom. The van der Waals surface area contributed by atoms with Gasteiger partial charge in [0, 0.05) is 45.7 Å². The summed E-state index contributed by atoms with van der Waals surface area (Å²) < 4.78 is 37.3. The van der Waals surface area contributed by atoms with E-state index in [-0.39, 0.29) is 11.9 Å². The minimum Gasteiger partial charge on any atom is -0.488 e. The van der Waals surface area contributed by atoms with Crippen molar-refractivity contribution < 1.29 is 17.7 Å². The van der Waals surface area contributed by atoms with Gasteiger partial charge in [-0.3, -0.25) is 4.99 Å². The first-order valence-electron chi connectivity index (χ1n) is 9.62. The van der Waals surface area contributed by atoms with Crippen LogP contribution in [0.4, 0.5) is 0 Å². The molecule has 10 heteroatoms. The zero-order chi connectivity index (χ0) is 20.3. The van der Waals surface area contributed by atoms with Gasteiger partial charge in [-0.25, -0.2) is 8.42 Å². The number of hydrogen-bond acceptors (Lipinski definition) is 6. The standard InChI is InChI=1S/C19H25N5O4S/c1-20-19(21-13-17-12-15-4-2-3-5-18(15)28-17)23-7-9-24(10-8-23)29(25,26)14-16-6-11-27-22-16/h2-6,11,17H,7-10,12-14H2,1H3,(H,20,21). The number of rotatable bonds is 5. The summed E-state index contributed by atoms with van der Waals surface area (Å²) >= 11 is 0. The Morgan fingerprint density at radius 3 is 2.72 bits per heavy atom. The van der Waals surface area contributed by atoms with Crippen LogP contribution in [0.2, 0.25) is 0 Å². The van der Waals surface area contributed by atoms with Crippen LogP contribution in [-0.2, 0) is 22.2 Å². The molecule has 0 aliphatic carbocycles. The normalized spacial score (nSPS) is 20.4. The molecule has 1 unspecified atom stereocenters. The maximum absolute atomic E-state index is 12.6. The maximum Gasteiger partial charge on any atom is 0.220 e. The number of sulfonamides is 1. The Kier molecular flexibility index (Phi) is 5.72. The molecule has 2 aliphatic rings. The number of nitrogens with one attached hydrogen (secondary N) is 1. The second-order valence-corrected chi connectivity index (χ2v) is 9.08. The SMILES string of the molecule is CN=C(NCC1Cc2ccccc2O1)N1CCN(S(=O)(=O)Cc2ccon2)CC1. The Hall–Kier alpha value is -2.59. The van der Waals surface area contributed by atoms with Gasteiger partial charge in [-0.05, 0) is 11.6 Å². The summed E-state index contributed by atoms with van der Waals surface area (Å²) in [4.78, 5) is 6.43. The van der Waals surface area contributed by atoms with Gasteiger partial charge in [0.2, 0.25) is 10.0 Å². The van der Waals surface area contributed by atoms with Crippen LogP contribution in [0.5, 0.6) is 5.75 Å². The third kappa shape index (κ3) is 4.54. The van der Waals surface area contributed by atoms with Crippen molar-refractivity contribution in [2.24, 2.45) is 4.99 Å². The molecule has 1 N–H and O–H groups in total. The summed E-state index contributed by atoms with van der Waals surface area (Å²) in [6.45, 7) is 2.61. The lowest BCUT2D eigenvalue weighted by atomic mass is 10.1. The van der Waals surface area contributed by atoms with E-state index in [1.165, 1.54) is 16.1 Å². The van der Waals surface area contributed by atoms with E-state index in [1.54, 1.807) is 13.1 Å². The van der Waals surface area contributed by atoms with Gasteiger partial charge in [0.05, 0.1) is 12.2 Å². The second-order valence-electron chi connectivity index (χ2n) is 7.11. The molecule has 0 amide bonds. The minimum atomic E-state index is -3.41. The number of ether oxygens (including phenoxy) is 1. The first-order chi connectivity index (χ1) is 14.0. The van der Waals surface area contributed by atoms with E-state index >= 15 is 0 Å². The first kappa shape index (κ1) is 19.7. The van der Waals surface area contributed by atoms with Gasteiger partial charge in [0.1, 0.15) is 23.9 Å². The lowest BCUT2D eigenvalue weighted by molar-refractivity contribution is 0.227. The van der Waals surface area contributed by atoms with Gasteiger partial charge < -0.3 is 19.5 Å². The molecule has 0 spiro atoms. The van der Waals surface area contributed by atoms with Crippen LogP contribution in [0.1, 0.15) is 11.3 Å². The summed E-state index contributed by atoms with van der Waals surface area (Å²) in [6, 6.07) is 9.64. The Balaban J connectivity index is 1.27. The van der Waals surface area contributed by atoms with Crippen LogP contribution in [0, 0.1) is 0 Å². The van der Waals surface area contributed by atoms with Gasteiger partial charge in [-0.2, -0.15) is 4.31 Å². The van der Waals surface area contributed by atoms with Gasteiger partial charge in [0.15, 0.2) is 5.96 Å². The smallest absolute Gasteiger partial charge is 0.220 e. The zero-order valence-corrected chi connectivity index (χ0v) is 17.1. The average molecular weight is 420 g/mol. The molecule has 156 valence electrons. The number of piperazine rings is 1. The maximum atomic E-state index is 12.6. The highest BCUT2D eigenvalue weighted by atomic mass is 32.2. The van der Waals surface area contributed by atoms with E-state index in [1.807, 2.05) is 18.2 Å². The van der Waals surface area contributed by atoms with Crippen LogP contribution in [0.25, 0.3) is 0 Å². The molecule has 1 aromatic carbocycles. The van der Waals surface area contributed by atoms with Crippen LogP contribution in [-0.4, -0.2) is 74.6 Å². The van der Waals surface area contributed by atoms with E-state index in [9.17, 15) is 8.42 Å². The number of aliphatic imine (C=N–C) groups is 1. The highest BCUT2D eigenvalue weighted by molar-refractivity contribution is 7.88. The third-order valence-corrected chi connectivity index (χ3v) is 6.98. The van der Waals surface area contributed by atoms with Crippen LogP contribution in [0.3, 0.4) is 0 Å². The largest absolute Gasteiger partial charge is 0.488 e. The summed E-state index contributed by atoms with van der Waals surface area (Å²) in [6.07, 6.45) is 2.31. The highest BCUT2D eigenvalue weighted by Gasteiger charge is 2.29. The lowest BCUT2D eigenvalue weighted by Gasteiger charge is -2.36. The monoisotopic (exact) mass is 419 g/mol. The first-order valence-corrected chi connectivity index (χ1v) is 11.2. The van der Waals surface area contributed by atoms with E-state index in [0.29, 0.717) is 38.4 Å². The van der Waals surface area contributed by atoms with E-state index in [0.717, 1.165) is 18.1 Å². The summed E-state index contributed by atoms with van der Waals surface area (Å²) in [5.41, 5.74) is 1.64. The summed E-state index contributed by atoms with van der Waals surface area (Å²) in [7, 11) is -1.68. The van der Waals surface area contributed by atoms with Crippen molar-refractivity contribution in [3.63, 3.8) is 0 Å². The number of hydrogen-bond donors (Lipinski definition) is 1. The van der Waals surface area contributed by atoms with Gasteiger partial charge in [-0.1, -0.05) is 23.4 Å². The van der Waals surface area contributed by atoms with Crippen molar-refractivity contribution >= 4 is 16.0 Å². The highest BCUT2D eigenvalue weighted by Crippen LogP contribution is 2.27. The number of nitrogens with zero attached hydrogens (tertiary/aromatic N) is 4. The van der Waals surface area contributed by atoms with Gasteiger partial charge in [-0.15, -0.1) is 0 Å². The topological polar surface area (TPSA) is 100 Å². The molecular weight excluding hydrogens is 394 g/mol. The minimum absolute atomic E-state index is 0.0632. The molecular formula is C19H25N5O4S. The Morgan fingerprint density at radius 2 is 2.03 bits per heavy atom. The van der Waals surface area contributed by atoms with Crippen molar-refractivity contribution in [2.45, 2.75) is 18.3 Å². The molecule has 1 fully saturated rings. The third-order valence-electron chi connectivity index (χ3n) is 5.17. The molecule has 2 aliphatic heterocycles. The molecule has 2 aromatic rings. The van der Waals surface area contributed by atoms with Crippen LogP contribution >= 0.6 is 0 Å². The molecule has 0 radical (unpaired) electrons. The van der Waals surface area contributed by atoms with Crippen molar-refractivity contribution in [3.8, 4) is 5.75 Å². The molecule has 9 nitrogen and oxygen atoms in total. The van der Waals surface area contributed by atoms with Gasteiger partial charge >= 0.3 is 0 Å². The van der Waals surface area contributed by atoms with E-state index in [2.05, 4.69) is 26.4 Å². The fraction of sp³-hybridized carbons (Fsp3) is 0.474. The average Bonchev–Trinajstić information content (AvgIpc) is 3.37. The fourth-order valence-electron chi connectivity index (χ4n) is 3.67. The Bertz CT molecular complexity index is 928. The predicted octanol–water partition coefficient (Wildman–Crippen LogP) is 0.701. The van der Waals surface area contributed by atoms with Crippen molar-refractivity contribution in [3.05, 3.63) is 47.9 Å². The predicted molar refractivity (Wildman–Crippen MR) is 108 cm³/mol. The quantitative estimate of drug-likeness (QED) is 0.562. The summed E-state index contributed by atoms with van der Waals surface area (Å²) in [5, 5.41) is 7.06. The zero-order valence-electron chi connectivity index (χ0n) is 16.3. The van der Waals surface area contributed by atoms with E-state index < -0.39 is 10.0 Å². The molecule has 1 atom stereocenters. The molecule has 4 rings (SSSR count). The number of aromatic nitrogens is 1. The molecule has 29 heavy (non-hydrogen) atoms. The molecule has 0 saturated carbocycles. The number of fused-ring (bicyclic) bond motifs is 1.